The molecule has 0 aliphatic heterocycles. The van der Waals surface area contributed by atoms with E-state index in [1.807, 2.05) is 59.3 Å². The van der Waals surface area contributed by atoms with E-state index < -0.39 is 10.8 Å². The predicted octanol–water partition coefficient (Wildman–Crippen LogP) is 4.82. The largest absolute Gasteiger partial charge is 0.336 e. The summed E-state index contributed by atoms with van der Waals surface area (Å²) in [5.41, 5.74) is 2.00. The third-order valence-corrected chi connectivity index (χ3v) is 5.68. The van der Waals surface area contributed by atoms with Crippen molar-refractivity contribution >= 4 is 34.0 Å². The van der Waals surface area contributed by atoms with Crippen molar-refractivity contribution in [2.24, 2.45) is 0 Å². The maximum absolute atomic E-state index is 12.5. The van der Waals surface area contributed by atoms with E-state index in [4.69, 9.17) is 23.2 Å². The summed E-state index contributed by atoms with van der Waals surface area (Å²) in [7, 11) is -1.10. The standard InChI is InChI=1S/C18H16Cl2N2OS/c19-16-5-1-14(2-6-16)12-24(23)17-7-3-15(4-8-17)18(20)11-22-10-9-21-13-22/h1-10,13,18H,11-12H2. The number of hydrogen-bond acceptors (Lipinski definition) is 2. The summed E-state index contributed by atoms with van der Waals surface area (Å²) < 4.78 is 14.4. The number of halogens is 2. The van der Waals surface area contributed by atoms with E-state index in [9.17, 15) is 4.21 Å². The quantitative estimate of drug-likeness (QED) is 0.576. The van der Waals surface area contributed by atoms with Gasteiger partial charge in [0.1, 0.15) is 0 Å². The molecule has 0 spiro atoms. The van der Waals surface area contributed by atoms with Gasteiger partial charge in [0.25, 0.3) is 0 Å². The third kappa shape index (κ3) is 4.47. The second kappa shape index (κ2) is 7.97. The molecule has 2 atom stereocenters. The first kappa shape index (κ1) is 17.2. The molecular formula is C18H16Cl2N2OS. The van der Waals surface area contributed by atoms with E-state index >= 15 is 0 Å². The van der Waals surface area contributed by atoms with Gasteiger partial charge >= 0.3 is 0 Å². The fourth-order valence-electron chi connectivity index (χ4n) is 2.33. The highest BCUT2D eigenvalue weighted by molar-refractivity contribution is 7.84. The monoisotopic (exact) mass is 378 g/mol. The van der Waals surface area contributed by atoms with Crippen molar-refractivity contribution < 1.29 is 4.21 Å². The van der Waals surface area contributed by atoms with Gasteiger partial charge in [-0.2, -0.15) is 0 Å². The van der Waals surface area contributed by atoms with E-state index in [0.29, 0.717) is 17.3 Å². The summed E-state index contributed by atoms with van der Waals surface area (Å²) in [6.07, 6.45) is 5.35. The summed E-state index contributed by atoms with van der Waals surface area (Å²) in [5.74, 6) is 0.468. The highest BCUT2D eigenvalue weighted by atomic mass is 35.5. The van der Waals surface area contributed by atoms with Gasteiger partial charge < -0.3 is 4.57 Å². The molecule has 6 heteroatoms. The fourth-order valence-corrected chi connectivity index (χ4v) is 3.86. The van der Waals surface area contributed by atoms with Crippen molar-refractivity contribution in [2.45, 2.75) is 22.6 Å². The number of benzene rings is 2. The molecule has 3 rings (SSSR count). The third-order valence-electron chi connectivity index (χ3n) is 3.65. The van der Waals surface area contributed by atoms with E-state index in [0.717, 1.165) is 16.0 Å². The summed E-state index contributed by atoms with van der Waals surface area (Å²) >= 11 is 12.3. The molecule has 0 saturated carbocycles. The van der Waals surface area contributed by atoms with Gasteiger partial charge in [0.05, 0.1) is 28.3 Å². The maximum Gasteiger partial charge on any atom is 0.0946 e. The average molecular weight is 379 g/mol. The minimum absolute atomic E-state index is 0.155. The van der Waals surface area contributed by atoms with Crippen LogP contribution in [0.3, 0.4) is 0 Å². The number of imidazole rings is 1. The van der Waals surface area contributed by atoms with Crippen LogP contribution >= 0.6 is 23.2 Å². The van der Waals surface area contributed by atoms with Crippen LogP contribution < -0.4 is 0 Å². The van der Waals surface area contributed by atoms with Crippen LogP contribution in [-0.2, 0) is 23.1 Å². The van der Waals surface area contributed by atoms with Crippen molar-refractivity contribution in [3.8, 4) is 0 Å². The Kier molecular flexibility index (Phi) is 5.72. The molecule has 0 saturated heterocycles. The van der Waals surface area contributed by atoms with E-state index in [1.54, 1.807) is 12.5 Å². The molecule has 24 heavy (non-hydrogen) atoms. The lowest BCUT2D eigenvalue weighted by molar-refractivity contribution is 0.675. The van der Waals surface area contributed by atoms with Crippen LogP contribution in [0.25, 0.3) is 0 Å². The predicted molar refractivity (Wildman–Crippen MR) is 98.8 cm³/mol. The second-order valence-electron chi connectivity index (χ2n) is 5.41. The van der Waals surface area contributed by atoms with Crippen LogP contribution in [0.2, 0.25) is 5.02 Å². The highest BCUT2D eigenvalue weighted by Crippen LogP contribution is 2.24. The first-order valence-electron chi connectivity index (χ1n) is 7.44. The molecule has 0 amide bonds. The Hall–Kier alpha value is -1.62. The van der Waals surface area contributed by atoms with Gasteiger partial charge in [-0.15, -0.1) is 11.6 Å². The Labute approximate surface area is 153 Å². The van der Waals surface area contributed by atoms with Gasteiger partial charge in [0, 0.05) is 28.9 Å². The number of hydrogen-bond donors (Lipinski definition) is 0. The molecule has 0 aliphatic carbocycles. The molecule has 124 valence electrons. The zero-order chi connectivity index (χ0) is 16.9. The second-order valence-corrected chi connectivity index (χ2v) is 7.83. The van der Waals surface area contributed by atoms with E-state index in [1.165, 1.54) is 0 Å². The van der Waals surface area contributed by atoms with Crippen LogP contribution in [0.1, 0.15) is 16.5 Å². The molecule has 2 aromatic carbocycles. The Bertz CT molecular complexity index is 802. The molecule has 3 aromatic rings. The first-order chi connectivity index (χ1) is 11.6. The number of nitrogens with zero attached hydrogens (tertiary/aromatic N) is 2. The van der Waals surface area contributed by atoms with Gasteiger partial charge in [0.15, 0.2) is 0 Å². The Morgan fingerprint density at radius 3 is 2.42 bits per heavy atom. The zero-order valence-electron chi connectivity index (χ0n) is 12.8. The zero-order valence-corrected chi connectivity index (χ0v) is 15.1. The van der Waals surface area contributed by atoms with Gasteiger partial charge in [-0.05, 0) is 35.4 Å². The smallest absolute Gasteiger partial charge is 0.0946 e. The van der Waals surface area contributed by atoms with Gasteiger partial charge in [0.2, 0.25) is 0 Å². The van der Waals surface area contributed by atoms with Gasteiger partial charge in [-0.25, -0.2) is 4.98 Å². The lowest BCUT2D eigenvalue weighted by atomic mass is 10.1. The minimum Gasteiger partial charge on any atom is -0.336 e. The van der Waals surface area contributed by atoms with Gasteiger partial charge in [-0.3, -0.25) is 4.21 Å². The van der Waals surface area contributed by atoms with Crippen LogP contribution in [0, 0.1) is 0 Å². The molecule has 1 heterocycles. The average Bonchev–Trinajstić information content (AvgIpc) is 3.10. The number of alkyl halides is 1. The molecular weight excluding hydrogens is 363 g/mol. The molecule has 2 unspecified atom stereocenters. The lowest BCUT2D eigenvalue weighted by Gasteiger charge is -2.11. The Morgan fingerprint density at radius 1 is 1.08 bits per heavy atom. The normalized spacial score (nSPS) is 13.6. The number of aromatic nitrogens is 2. The van der Waals surface area contributed by atoms with Crippen LogP contribution in [0.15, 0.2) is 72.1 Å². The maximum atomic E-state index is 12.5. The summed E-state index contributed by atoms with van der Waals surface area (Å²) in [6.45, 7) is 0.648. The molecule has 0 fully saturated rings. The van der Waals surface area contributed by atoms with Crippen LogP contribution in [-0.4, -0.2) is 13.8 Å². The van der Waals surface area contributed by atoms with Crippen LogP contribution in [0.4, 0.5) is 0 Å². The SMILES string of the molecule is O=S(Cc1ccc(Cl)cc1)c1ccc(C(Cl)Cn2ccnc2)cc1. The van der Waals surface area contributed by atoms with E-state index in [-0.39, 0.29) is 5.38 Å². The van der Waals surface area contributed by atoms with Gasteiger partial charge in [-0.1, -0.05) is 35.9 Å². The lowest BCUT2D eigenvalue weighted by Crippen LogP contribution is -2.03. The molecule has 0 bridgehead atoms. The van der Waals surface area contributed by atoms with Crippen molar-refractivity contribution in [1.82, 2.24) is 9.55 Å². The highest BCUT2D eigenvalue weighted by Gasteiger charge is 2.10. The van der Waals surface area contributed by atoms with E-state index in [2.05, 4.69) is 4.98 Å². The molecule has 3 nitrogen and oxygen atoms in total. The Balaban J connectivity index is 1.65. The van der Waals surface area contributed by atoms with Crippen molar-refractivity contribution in [1.29, 1.82) is 0 Å². The number of rotatable bonds is 6. The van der Waals surface area contributed by atoms with Crippen molar-refractivity contribution in [2.75, 3.05) is 0 Å². The van der Waals surface area contributed by atoms with Crippen molar-refractivity contribution in [3.05, 3.63) is 83.4 Å². The summed E-state index contributed by atoms with van der Waals surface area (Å²) in [4.78, 5) is 4.80. The summed E-state index contributed by atoms with van der Waals surface area (Å²) in [5, 5.41) is 0.526. The fraction of sp³-hybridized carbons (Fsp3) is 0.167. The molecule has 1 aromatic heterocycles. The topological polar surface area (TPSA) is 34.9 Å². The summed E-state index contributed by atoms with van der Waals surface area (Å²) in [6, 6.07) is 15.0. The van der Waals surface area contributed by atoms with Crippen LogP contribution in [0.5, 0.6) is 0 Å². The minimum atomic E-state index is -1.10. The van der Waals surface area contributed by atoms with Crippen molar-refractivity contribution in [3.63, 3.8) is 0 Å². The first-order valence-corrected chi connectivity index (χ1v) is 9.58. The molecule has 0 aliphatic rings. The molecule has 0 N–H and O–H groups in total. The Morgan fingerprint density at radius 2 is 1.79 bits per heavy atom. The molecule has 0 radical (unpaired) electrons.